The Bertz CT molecular complexity index is 783. The normalized spacial score (nSPS) is 16.9. The van der Waals surface area contributed by atoms with Crippen LogP contribution in [-0.2, 0) is 0 Å². The molecule has 1 aliphatic rings. The first-order valence-electron chi connectivity index (χ1n) is 9.66. The molecule has 1 saturated heterocycles. The number of methoxy groups -OCH3 is 2. The van der Waals surface area contributed by atoms with Crippen molar-refractivity contribution in [2.75, 3.05) is 46.9 Å². The SMILES string of the molecule is C=CCN1CCN(C(c2cccc(OC)c2OC)c2nnnn2C(C)C)CC1. The molecule has 0 bridgehead atoms. The van der Waals surface area contributed by atoms with Crippen LogP contribution < -0.4 is 9.47 Å². The molecule has 0 spiro atoms. The summed E-state index contributed by atoms with van der Waals surface area (Å²) >= 11 is 0. The summed E-state index contributed by atoms with van der Waals surface area (Å²) in [6.45, 7) is 12.7. The van der Waals surface area contributed by atoms with Crippen LogP contribution in [0.15, 0.2) is 30.9 Å². The highest BCUT2D eigenvalue weighted by Gasteiger charge is 2.33. The average Bonchev–Trinajstić information content (AvgIpc) is 3.19. The van der Waals surface area contributed by atoms with Gasteiger partial charge in [0.25, 0.3) is 0 Å². The van der Waals surface area contributed by atoms with Crippen LogP contribution in [0.5, 0.6) is 11.5 Å². The first kappa shape index (κ1) is 20.3. The van der Waals surface area contributed by atoms with Gasteiger partial charge in [0.2, 0.25) is 0 Å². The van der Waals surface area contributed by atoms with Crippen LogP contribution >= 0.6 is 0 Å². The smallest absolute Gasteiger partial charge is 0.173 e. The third-order valence-corrected chi connectivity index (χ3v) is 5.14. The van der Waals surface area contributed by atoms with Crippen LogP contribution in [0.1, 0.15) is 37.3 Å². The van der Waals surface area contributed by atoms with Gasteiger partial charge in [-0.25, -0.2) is 4.68 Å². The summed E-state index contributed by atoms with van der Waals surface area (Å²) < 4.78 is 13.2. The molecule has 0 saturated carbocycles. The molecular formula is C20H30N6O2. The van der Waals surface area contributed by atoms with Crippen molar-refractivity contribution in [1.82, 2.24) is 30.0 Å². The van der Waals surface area contributed by atoms with Gasteiger partial charge in [0.05, 0.1) is 20.3 Å². The molecule has 0 aliphatic carbocycles. The summed E-state index contributed by atoms with van der Waals surface area (Å²) in [5.74, 6) is 2.25. The maximum absolute atomic E-state index is 5.74. The molecule has 1 unspecified atom stereocenters. The summed E-state index contributed by atoms with van der Waals surface area (Å²) in [7, 11) is 3.33. The van der Waals surface area contributed by atoms with Gasteiger partial charge in [0, 0.05) is 38.3 Å². The van der Waals surface area contributed by atoms with E-state index in [0.717, 1.165) is 49.9 Å². The second-order valence-corrected chi connectivity index (χ2v) is 7.19. The fourth-order valence-corrected chi connectivity index (χ4v) is 3.76. The van der Waals surface area contributed by atoms with Gasteiger partial charge in [-0.3, -0.25) is 9.80 Å². The standard InChI is InChI=1S/C20H30N6O2/c1-6-10-24-11-13-25(14-12-24)18(20-21-22-23-26(20)15(2)3)16-8-7-9-17(27-4)19(16)28-5/h6-9,15,18H,1,10-14H2,2-5H3. The molecule has 2 aromatic rings. The Morgan fingerprint density at radius 1 is 1.14 bits per heavy atom. The Morgan fingerprint density at radius 3 is 2.50 bits per heavy atom. The van der Waals surface area contributed by atoms with Crippen molar-refractivity contribution < 1.29 is 9.47 Å². The molecule has 1 atom stereocenters. The molecule has 0 N–H and O–H groups in total. The number of piperazine rings is 1. The van der Waals surface area contributed by atoms with Gasteiger partial charge >= 0.3 is 0 Å². The molecule has 1 fully saturated rings. The number of para-hydroxylation sites is 1. The monoisotopic (exact) mass is 386 g/mol. The molecule has 1 aliphatic heterocycles. The minimum atomic E-state index is -0.117. The molecule has 8 nitrogen and oxygen atoms in total. The highest BCUT2D eigenvalue weighted by Crippen LogP contribution is 2.40. The Morgan fingerprint density at radius 2 is 1.89 bits per heavy atom. The number of hydrogen-bond acceptors (Lipinski definition) is 7. The topological polar surface area (TPSA) is 68.5 Å². The zero-order chi connectivity index (χ0) is 20.1. The van der Waals surface area contributed by atoms with Gasteiger partial charge in [-0.1, -0.05) is 18.2 Å². The molecule has 2 heterocycles. The molecule has 1 aromatic carbocycles. The molecular weight excluding hydrogens is 356 g/mol. The molecule has 8 heteroatoms. The lowest BCUT2D eigenvalue weighted by Gasteiger charge is -2.39. The van der Waals surface area contributed by atoms with Crippen LogP contribution in [0.25, 0.3) is 0 Å². The van der Waals surface area contributed by atoms with Crippen LogP contribution in [0, 0.1) is 0 Å². The quantitative estimate of drug-likeness (QED) is 0.644. The largest absolute Gasteiger partial charge is 0.493 e. The van der Waals surface area contributed by atoms with Crippen molar-refractivity contribution in [3.8, 4) is 11.5 Å². The molecule has 0 radical (unpaired) electrons. The van der Waals surface area contributed by atoms with E-state index < -0.39 is 0 Å². The second-order valence-electron chi connectivity index (χ2n) is 7.19. The van der Waals surface area contributed by atoms with E-state index in [4.69, 9.17) is 9.47 Å². The van der Waals surface area contributed by atoms with Crippen molar-refractivity contribution >= 4 is 0 Å². The predicted octanol–water partition coefficient (Wildman–Crippen LogP) is 2.16. The Kier molecular flexibility index (Phi) is 6.64. The number of rotatable bonds is 8. The fraction of sp³-hybridized carbons (Fsp3) is 0.550. The van der Waals surface area contributed by atoms with E-state index in [2.05, 4.69) is 51.8 Å². The van der Waals surface area contributed by atoms with E-state index in [0.29, 0.717) is 5.75 Å². The first-order valence-corrected chi connectivity index (χ1v) is 9.66. The molecule has 0 amide bonds. The number of ether oxygens (including phenoxy) is 2. The predicted molar refractivity (Wildman–Crippen MR) is 108 cm³/mol. The third-order valence-electron chi connectivity index (χ3n) is 5.14. The summed E-state index contributed by atoms with van der Waals surface area (Å²) in [5, 5.41) is 12.6. The minimum absolute atomic E-state index is 0.117. The maximum Gasteiger partial charge on any atom is 0.173 e. The average molecular weight is 387 g/mol. The van der Waals surface area contributed by atoms with Crippen LogP contribution in [0.3, 0.4) is 0 Å². The molecule has 152 valence electrons. The number of benzene rings is 1. The van der Waals surface area contributed by atoms with E-state index >= 15 is 0 Å². The van der Waals surface area contributed by atoms with Crippen molar-refractivity contribution in [3.05, 3.63) is 42.2 Å². The van der Waals surface area contributed by atoms with E-state index in [1.165, 1.54) is 0 Å². The van der Waals surface area contributed by atoms with Crippen molar-refractivity contribution in [2.45, 2.75) is 25.9 Å². The van der Waals surface area contributed by atoms with Crippen molar-refractivity contribution in [3.63, 3.8) is 0 Å². The Labute approximate surface area is 166 Å². The van der Waals surface area contributed by atoms with Gasteiger partial charge < -0.3 is 9.47 Å². The van der Waals surface area contributed by atoms with Gasteiger partial charge in [0.1, 0.15) is 6.04 Å². The molecule has 28 heavy (non-hydrogen) atoms. The summed E-state index contributed by atoms with van der Waals surface area (Å²) in [5.41, 5.74) is 1.01. The fourth-order valence-electron chi connectivity index (χ4n) is 3.76. The zero-order valence-corrected chi connectivity index (χ0v) is 17.2. The Balaban J connectivity index is 2.04. The number of tetrazole rings is 1. The van der Waals surface area contributed by atoms with Crippen LogP contribution in [0.4, 0.5) is 0 Å². The number of hydrogen-bond donors (Lipinski definition) is 0. The summed E-state index contributed by atoms with van der Waals surface area (Å²) in [6.07, 6.45) is 1.96. The van der Waals surface area contributed by atoms with Crippen molar-refractivity contribution in [1.29, 1.82) is 0 Å². The number of aromatic nitrogens is 4. The van der Waals surface area contributed by atoms with Crippen LogP contribution in [0.2, 0.25) is 0 Å². The summed E-state index contributed by atoms with van der Waals surface area (Å²) in [6, 6.07) is 6.01. The van der Waals surface area contributed by atoms with Crippen LogP contribution in [-0.4, -0.2) is 77.0 Å². The van der Waals surface area contributed by atoms with E-state index in [-0.39, 0.29) is 12.1 Å². The highest BCUT2D eigenvalue weighted by atomic mass is 16.5. The van der Waals surface area contributed by atoms with Gasteiger partial charge in [-0.15, -0.1) is 11.7 Å². The number of nitrogens with zero attached hydrogens (tertiary/aromatic N) is 6. The van der Waals surface area contributed by atoms with E-state index in [9.17, 15) is 0 Å². The minimum Gasteiger partial charge on any atom is -0.493 e. The second kappa shape index (κ2) is 9.16. The highest BCUT2D eigenvalue weighted by molar-refractivity contribution is 5.49. The third kappa shape index (κ3) is 4.02. The zero-order valence-electron chi connectivity index (χ0n) is 17.2. The lowest BCUT2D eigenvalue weighted by molar-refractivity contribution is 0.110. The van der Waals surface area contributed by atoms with E-state index in [1.807, 2.05) is 22.9 Å². The Hall–Kier alpha value is -2.45. The summed E-state index contributed by atoms with van der Waals surface area (Å²) in [4.78, 5) is 4.82. The van der Waals surface area contributed by atoms with E-state index in [1.54, 1.807) is 14.2 Å². The lowest BCUT2D eigenvalue weighted by atomic mass is 10.0. The lowest BCUT2D eigenvalue weighted by Crippen LogP contribution is -2.48. The first-order chi connectivity index (χ1) is 13.6. The van der Waals surface area contributed by atoms with Gasteiger partial charge in [-0.2, -0.15) is 0 Å². The van der Waals surface area contributed by atoms with Crippen molar-refractivity contribution in [2.24, 2.45) is 0 Å². The molecule has 3 rings (SSSR count). The van der Waals surface area contributed by atoms with Gasteiger partial charge in [-0.05, 0) is 30.3 Å². The van der Waals surface area contributed by atoms with Gasteiger partial charge in [0.15, 0.2) is 17.3 Å². The molecule has 1 aromatic heterocycles. The maximum atomic E-state index is 5.74.